The van der Waals surface area contributed by atoms with Crippen LogP contribution in [0.1, 0.15) is 18.5 Å². The lowest BCUT2D eigenvalue weighted by atomic mass is 10.1. The Labute approximate surface area is 150 Å². The molecule has 0 aliphatic carbocycles. The van der Waals surface area contributed by atoms with Crippen molar-refractivity contribution in [1.82, 2.24) is 9.97 Å². The molecule has 0 radical (unpaired) electrons. The fraction of sp³-hybridized carbons (Fsp3) is 0.100. The minimum Gasteiger partial charge on any atom is -0.461 e. The zero-order valence-corrected chi connectivity index (χ0v) is 14.4. The number of hydrogen-bond acceptors (Lipinski definition) is 4. The second-order valence-electron chi connectivity index (χ2n) is 5.81. The Bertz CT molecular complexity index is 1000. The van der Waals surface area contributed by atoms with E-state index in [2.05, 4.69) is 34.3 Å². The van der Waals surface area contributed by atoms with Crippen LogP contribution in [0, 0.1) is 0 Å². The molecule has 5 heteroatoms. The van der Waals surface area contributed by atoms with Gasteiger partial charge in [-0.05, 0) is 42.8 Å². The SMILES string of the molecule is CC(Nc1nc(-c2ccco2)nc2cc(Cl)ccc12)c1ccccc1. The molecule has 2 aromatic heterocycles. The Morgan fingerprint density at radius 2 is 1.84 bits per heavy atom. The van der Waals surface area contributed by atoms with Crippen LogP contribution in [0.25, 0.3) is 22.5 Å². The van der Waals surface area contributed by atoms with Gasteiger partial charge in [0.25, 0.3) is 0 Å². The van der Waals surface area contributed by atoms with Gasteiger partial charge in [0.2, 0.25) is 0 Å². The third-order valence-electron chi connectivity index (χ3n) is 4.05. The summed E-state index contributed by atoms with van der Waals surface area (Å²) in [6.07, 6.45) is 1.61. The van der Waals surface area contributed by atoms with Crippen LogP contribution in [0.3, 0.4) is 0 Å². The molecule has 0 spiro atoms. The van der Waals surface area contributed by atoms with Crippen molar-refractivity contribution in [3.8, 4) is 11.6 Å². The Balaban J connectivity index is 1.81. The zero-order chi connectivity index (χ0) is 17.2. The summed E-state index contributed by atoms with van der Waals surface area (Å²) in [5.74, 6) is 1.91. The van der Waals surface area contributed by atoms with Crippen LogP contribution >= 0.6 is 11.6 Å². The third kappa shape index (κ3) is 3.21. The predicted molar refractivity (Wildman–Crippen MR) is 101 cm³/mol. The second-order valence-corrected chi connectivity index (χ2v) is 6.25. The molecule has 2 aromatic carbocycles. The number of nitrogens with zero attached hydrogens (tertiary/aromatic N) is 2. The van der Waals surface area contributed by atoms with Gasteiger partial charge in [-0.25, -0.2) is 9.97 Å². The fourth-order valence-corrected chi connectivity index (χ4v) is 2.93. The molecule has 124 valence electrons. The Kier molecular flexibility index (Phi) is 4.12. The van der Waals surface area contributed by atoms with Crippen LogP contribution in [-0.4, -0.2) is 9.97 Å². The maximum atomic E-state index is 6.15. The van der Waals surface area contributed by atoms with Gasteiger partial charge in [-0.1, -0.05) is 41.9 Å². The van der Waals surface area contributed by atoms with Crippen molar-refractivity contribution in [2.24, 2.45) is 0 Å². The van der Waals surface area contributed by atoms with Crippen LogP contribution < -0.4 is 5.32 Å². The van der Waals surface area contributed by atoms with Gasteiger partial charge in [0.1, 0.15) is 5.82 Å². The molecule has 0 aliphatic heterocycles. The van der Waals surface area contributed by atoms with E-state index < -0.39 is 0 Å². The van der Waals surface area contributed by atoms with Gasteiger partial charge in [-0.15, -0.1) is 0 Å². The summed E-state index contributed by atoms with van der Waals surface area (Å²) >= 11 is 6.15. The van der Waals surface area contributed by atoms with Gasteiger partial charge in [-0.3, -0.25) is 0 Å². The first-order valence-corrected chi connectivity index (χ1v) is 8.41. The number of anilines is 1. The number of benzene rings is 2. The topological polar surface area (TPSA) is 51.0 Å². The number of fused-ring (bicyclic) bond motifs is 1. The lowest BCUT2D eigenvalue weighted by molar-refractivity contribution is 0.577. The molecule has 4 rings (SSSR count). The molecule has 0 saturated heterocycles. The van der Waals surface area contributed by atoms with Gasteiger partial charge < -0.3 is 9.73 Å². The largest absolute Gasteiger partial charge is 0.461 e. The molecule has 1 atom stereocenters. The number of aromatic nitrogens is 2. The number of hydrogen-bond donors (Lipinski definition) is 1. The standard InChI is InChI=1S/C20H16ClN3O/c1-13(14-6-3-2-4-7-14)22-19-16-10-9-15(21)12-17(16)23-20(24-19)18-8-5-11-25-18/h2-13H,1H3,(H,22,23,24). The Hall–Kier alpha value is -2.85. The lowest BCUT2D eigenvalue weighted by Gasteiger charge is -2.17. The van der Waals surface area contributed by atoms with Crippen molar-refractivity contribution in [1.29, 1.82) is 0 Å². The van der Waals surface area contributed by atoms with Gasteiger partial charge in [-0.2, -0.15) is 0 Å². The lowest BCUT2D eigenvalue weighted by Crippen LogP contribution is -2.09. The van der Waals surface area contributed by atoms with E-state index in [9.17, 15) is 0 Å². The summed E-state index contributed by atoms with van der Waals surface area (Å²) in [6.45, 7) is 2.10. The first-order valence-electron chi connectivity index (χ1n) is 8.03. The molecule has 2 heterocycles. The molecular weight excluding hydrogens is 334 g/mol. The van der Waals surface area contributed by atoms with E-state index in [0.717, 1.165) is 16.7 Å². The molecule has 0 fully saturated rings. The van der Waals surface area contributed by atoms with E-state index in [-0.39, 0.29) is 6.04 Å². The van der Waals surface area contributed by atoms with E-state index in [1.54, 1.807) is 6.26 Å². The van der Waals surface area contributed by atoms with Crippen molar-refractivity contribution in [3.63, 3.8) is 0 Å². The summed E-state index contributed by atoms with van der Waals surface area (Å²) in [5, 5.41) is 5.04. The van der Waals surface area contributed by atoms with E-state index >= 15 is 0 Å². The molecule has 4 nitrogen and oxygen atoms in total. The molecule has 0 saturated carbocycles. The highest BCUT2D eigenvalue weighted by atomic mass is 35.5. The maximum absolute atomic E-state index is 6.15. The Morgan fingerprint density at radius 3 is 2.60 bits per heavy atom. The number of rotatable bonds is 4. The highest BCUT2D eigenvalue weighted by Crippen LogP contribution is 2.29. The molecule has 25 heavy (non-hydrogen) atoms. The molecule has 1 unspecified atom stereocenters. The predicted octanol–water partition coefficient (Wildman–Crippen LogP) is 5.72. The minimum atomic E-state index is 0.0967. The van der Waals surface area contributed by atoms with Gasteiger partial charge >= 0.3 is 0 Å². The summed E-state index contributed by atoms with van der Waals surface area (Å²) in [7, 11) is 0. The molecule has 0 aliphatic rings. The van der Waals surface area contributed by atoms with E-state index in [1.807, 2.05) is 48.5 Å². The van der Waals surface area contributed by atoms with Crippen molar-refractivity contribution in [2.45, 2.75) is 13.0 Å². The first-order chi connectivity index (χ1) is 12.2. The summed E-state index contributed by atoms with van der Waals surface area (Å²) in [4.78, 5) is 9.27. The smallest absolute Gasteiger partial charge is 0.198 e. The molecule has 1 N–H and O–H groups in total. The van der Waals surface area contributed by atoms with Crippen molar-refractivity contribution in [3.05, 3.63) is 77.5 Å². The van der Waals surface area contributed by atoms with Crippen LogP contribution in [-0.2, 0) is 0 Å². The van der Waals surface area contributed by atoms with Crippen LogP contribution in [0.2, 0.25) is 5.02 Å². The normalized spacial score (nSPS) is 12.2. The Morgan fingerprint density at radius 1 is 1.00 bits per heavy atom. The highest BCUT2D eigenvalue weighted by Gasteiger charge is 2.14. The van der Waals surface area contributed by atoms with Gasteiger partial charge in [0.15, 0.2) is 11.6 Å². The average Bonchev–Trinajstić information content (AvgIpc) is 3.16. The molecular formula is C20H16ClN3O. The van der Waals surface area contributed by atoms with Gasteiger partial charge in [0.05, 0.1) is 11.8 Å². The molecule has 4 aromatic rings. The number of halogens is 1. The van der Waals surface area contributed by atoms with Crippen LogP contribution in [0.15, 0.2) is 71.3 Å². The second kappa shape index (κ2) is 6.57. The van der Waals surface area contributed by atoms with Gasteiger partial charge in [0, 0.05) is 16.5 Å². The van der Waals surface area contributed by atoms with Crippen molar-refractivity contribution in [2.75, 3.05) is 5.32 Å². The van der Waals surface area contributed by atoms with Crippen LogP contribution in [0.4, 0.5) is 5.82 Å². The summed E-state index contributed by atoms with van der Waals surface area (Å²) < 4.78 is 5.46. The molecule has 0 bridgehead atoms. The number of nitrogens with one attached hydrogen (secondary N) is 1. The maximum Gasteiger partial charge on any atom is 0.198 e. The van der Waals surface area contributed by atoms with E-state index in [4.69, 9.17) is 16.0 Å². The number of furan rings is 1. The highest BCUT2D eigenvalue weighted by molar-refractivity contribution is 6.31. The van der Waals surface area contributed by atoms with E-state index in [0.29, 0.717) is 16.6 Å². The quantitative estimate of drug-likeness (QED) is 0.512. The van der Waals surface area contributed by atoms with E-state index in [1.165, 1.54) is 5.56 Å². The zero-order valence-electron chi connectivity index (χ0n) is 13.6. The van der Waals surface area contributed by atoms with Crippen molar-refractivity contribution >= 4 is 28.3 Å². The average molecular weight is 350 g/mol. The minimum absolute atomic E-state index is 0.0967. The molecule has 0 amide bonds. The third-order valence-corrected chi connectivity index (χ3v) is 4.29. The summed E-state index contributed by atoms with van der Waals surface area (Å²) in [5.41, 5.74) is 1.96. The first kappa shape index (κ1) is 15.7. The monoisotopic (exact) mass is 349 g/mol. The fourth-order valence-electron chi connectivity index (χ4n) is 2.76. The summed E-state index contributed by atoms with van der Waals surface area (Å²) in [6, 6.07) is 19.6. The van der Waals surface area contributed by atoms with Crippen LogP contribution in [0.5, 0.6) is 0 Å². The van der Waals surface area contributed by atoms with Crippen molar-refractivity contribution < 1.29 is 4.42 Å².